The van der Waals surface area contributed by atoms with Gasteiger partial charge in [-0.25, -0.2) is 0 Å². The Morgan fingerprint density at radius 3 is 2.52 bits per heavy atom. The zero-order chi connectivity index (χ0) is 15.1. The van der Waals surface area contributed by atoms with Crippen molar-refractivity contribution in [3.05, 3.63) is 54.1 Å². The predicted octanol–water partition coefficient (Wildman–Crippen LogP) is 3.89. The molecule has 0 atom stereocenters. The average molecular weight is 286 g/mol. The largest absolute Gasteiger partial charge is 0.493 e. The highest BCUT2D eigenvalue weighted by Gasteiger charge is 2.10. The molecule has 0 saturated heterocycles. The quantitative estimate of drug-likeness (QED) is 0.838. The van der Waals surface area contributed by atoms with Crippen molar-refractivity contribution in [3.8, 4) is 17.2 Å². The molecule has 0 amide bonds. The molecule has 0 saturated carbocycles. The van der Waals surface area contributed by atoms with E-state index >= 15 is 0 Å². The van der Waals surface area contributed by atoms with Crippen LogP contribution in [-0.2, 0) is 11.2 Å². The van der Waals surface area contributed by atoms with E-state index in [1.54, 1.807) is 18.2 Å². The summed E-state index contributed by atoms with van der Waals surface area (Å²) in [6.45, 7) is 2.56. The first-order chi connectivity index (χ1) is 10.2. The standard InChI is InChI=1S/C17H18O4/c1-2-10-20-16-9-8-15(11-13(16)12-17(18)19)21-14-6-4-3-5-7-14/h3-9,11H,2,10,12H2,1H3,(H,18,19). The van der Waals surface area contributed by atoms with Crippen molar-refractivity contribution >= 4 is 5.97 Å². The van der Waals surface area contributed by atoms with Crippen molar-refractivity contribution in [2.24, 2.45) is 0 Å². The van der Waals surface area contributed by atoms with E-state index in [9.17, 15) is 4.79 Å². The minimum Gasteiger partial charge on any atom is -0.493 e. The molecular formula is C17H18O4. The first kappa shape index (κ1) is 14.9. The van der Waals surface area contributed by atoms with Crippen LogP contribution in [0.2, 0.25) is 0 Å². The Balaban J connectivity index is 2.21. The third-order valence-electron chi connectivity index (χ3n) is 2.81. The maximum Gasteiger partial charge on any atom is 0.307 e. The summed E-state index contributed by atoms with van der Waals surface area (Å²) in [4.78, 5) is 11.0. The zero-order valence-corrected chi connectivity index (χ0v) is 11.9. The van der Waals surface area contributed by atoms with Crippen molar-refractivity contribution in [2.75, 3.05) is 6.61 Å². The fourth-order valence-electron chi connectivity index (χ4n) is 1.90. The lowest BCUT2D eigenvalue weighted by Crippen LogP contribution is -2.05. The molecule has 0 aliphatic rings. The molecule has 1 N–H and O–H groups in total. The van der Waals surface area contributed by atoms with Gasteiger partial charge in [-0.1, -0.05) is 25.1 Å². The highest BCUT2D eigenvalue weighted by atomic mass is 16.5. The number of ether oxygens (including phenoxy) is 2. The average Bonchev–Trinajstić information content (AvgIpc) is 2.47. The fraction of sp³-hybridized carbons (Fsp3) is 0.235. The van der Waals surface area contributed by atoms with Gasteiger partial charge in [0.25, 0.3) is 0 Å². The van der Waals surface area contributed by atoms with Gasteiger partial charge in [-0.3, -0.25) is 4.79 Å². The first-order valence-electron chi connectivity index (χ1n) is 6.89. The lowest BCUT2D eigenvalue weighted by atomic mass is 10.1. The van der Waals surface area contributed by atoms with E-state index in [4.69, 9.17) is 14.6 Å². The van der Waals surface area contributed by atoms with Crippen molar-refractivity contribution in [1.29, 1.82) is 0 Å². The minimum atomic E-state index is -0.895. The summed E-state index contributed by atoms with van der Waals surface area (Å²) >= 11 is 0. The SMILES string of the molecule is CCCOc1ccc(Oc2ccccc2)cc1CC(=O)O. The van der Waals surface area contributed by atoms with Crippen molar-refractivity contribution in [3.63, 3.8) is 0 Å². The molecule has 2 aromatic carbocycles. The van der Waals surface area contributed by atoms with Gasteiger partial charge in [-0.05, 0) is 36.8 Å². The third-order valence-corrected chi connectivity index (χ3v) is 2.81. The summed E-state index contributed by atoms with van der Waals surface area (Å²) in [6, 6.07) is 14.6. The zero-order valence-electron chi connectivity index (χ0n) is 11.9. The molecule has 0 fully saturated rings. The van der Waals surface area contributed by atoms with Crippen LogP contribution in [0, 0.1) is 0 Å². The number of para-hydroxylation sites is 1. The van der Waals surface area contributed by atoms with Gasteiger partial charge in [0.1, 0.15) is 17.2 Å². The molecule has 0 aromatic heterocycles. The van der Waals surface area contributed by atoms with Crippen LogP contribution in [0.5, 0.6) is 17.2 Å². The van der Waals surface area contributed by atoms with E-state index in [1.165, 1.54) is 0 Å². The Morgan fingerprint density at radius 1 is 1.10 bits per heavy atom. The summed E-state index contributed by atoms with van der Waals surface area (Å²) in [5.74, 6) is 1.01. The number of carboxylic acid groups (broad SMARTS) is 1. The van der Waals surface area contributed by atoms with Crippen LogP contribution in [0.25, 0.3) is 0 Å². The first-order valence-corrected chi connectivity index (χ1v) is 6.89. The van der Waals surface area contributed by atoms with E-state index in [-0.39, 0.29) is 6.42 Å². The molecule has 2 rings (SSSR count). The summed E-state index contributed by atoms with van der Waals surface area (Å²) in [6.07, 6.45) is 0.778. The molecule has 21 heavy (non-hydrogen) atoms. The number of hydrogen-bond donors (Lipinski definition) is 1. The molecule has 0 unspecified atom stereocenters. The Labute approximate surface area is 123 Å². The number of carbonyl (C=O) groups is 1. The summed E-state index contributed by atoms with van der Waals surface area (Å²) in [5.41, 5.74) is 0.615. The molecule has 2 aromatic rings. The Kier molecular flexibility index (Phi) is 5.21. The molecule has 0 aliphatic heterocycles. The van der Waals surface area contributed by atoms with E-state index in [1.807, 2.05) is 37.3 Å². The van der Waals surface area contributed by atoms with Gasteiger partial charge >= 0.3 is 5.97 Å². The van der Waals surface area contributed by atoms with Crippen LogP contribution in [0.15, 0.2) is 48.5 Å². The second-order valence-electron chi connectivity index (χ2n) is 4.60. The van der Waals surface area contributed by atoms with Gasteiger partial charge < -0.3 is 14.6 Å². The van der Waals surface area contributed by atoms with Gasteiger partial charge in [0.2, 0.25) is 0 Å². The maximum absolute atomic E-state index is 11.0. The van der Waals surface area contributed by atoms with E-state index < -0.39 is 5.97 Å². The Bertz CT molecular complexity index is 593. The Morgan fingerprint density at radius 2 is 1.86 bits per heavy atom. The van der Waals surface area contributed by atoms with Gasteiger partial charge in [0.15, 0.2) is 0 Å². The number of carboxylic acids is 1. The lowest BCUT2D eigenvalue weighted by molar-refractivity contribution is -0.136. The summed E-state index contributed by atoms with van der Waals surface area (Å²) in [7, 11) is 0. The number of aliphatic carboxylic acids is 1. The molecule has 0 heterocycles. The fourth-order valence-corrected chi connectivity index (χ4v) is 1.90. The highest BCUT2D eigenvalue weighted by molar-refractivity contribution is 5.71. The number of rotatable bonds is 7. The second-order valence-corrected chi connectivity index (χ2v) is 4.60. The lowest BCUT2D eigenvalue weighted by Gasteiger charge is -2.12. The number of benzene rings is 2. The third kappa shape index (κ3) is 4.53. The van der Waals surface area contributed by atoms with Crippen molar-refractivity contribution in [1.82, 2.24) is 0 Å². The smallest absolute Gasteiger partial charge is 0.307 e. The Hall–Kier alpha value is -2.49. The molecule has 0 bridgehead atoms. The van der Waals surface area contributed by atoms with Crippen molar-refractivity contribution < 1.29 is 19.4 Å². The van der Waals surface area contributed by atoms with Gasteiger partial charge in [0.05, 0.1) is 13.0 Å². The topological polar surface area (TPSA) is 55.8 Å². The highest BCUT2D eigenvalue weighted by Crippen LogP contribution is 2.28. The normalized spacial score (nSPS) is 10.1. The van der Waals surface area contributed by atoms with Crippen LogP contribution in [0.3, 0.4) is 0 Å². The maximum atomic E-state index is 11.0. The summed E-state index contributed by atoms with van der Waals surface area (Å²) < 4.78 is 11.3. The van der Waals surface area contributed by atoms with Gasteiger partial charge in [0, 0.05) is 5.56 Å². The molecule has 4 heteroatoms. The van der Waals surface area contributed by atoms with Crippen LogP contribution in [0.1, 0.15) is 18.9 Å². The van der Waals surface area contributed by atoms with Crippen LogP contribution < -0.4 is 9.47 Å². The predicted molar refractivity (Wildman–Crippen MR) is 80.1 cm³/mol. The van der Waals surface area contributed by atoms with Gasteiger partial charge in [-0.15, -0.1) is 0 Å². The van der Waals surface area contributed by atoms with Crippen molar-refractivity contribution in [2.45, 2.75) is 19.8 Å². The molecule has 110 valence electrons. The van der Waals surface area contributed by atoms with E-state index in [0.29, 0.717) is 29.4 Å². The number of hydrogen-bond acceptors (Lipinski definition) is 3. The molecule has 0 aliphatic carbocycles. The molecule has 4 nitrogen and oxygen atoms in total. The second kappa shape index (κ2) is 7.33. The van der Waals surface area contributed by atoms with E-state index in [2.05, 4.69) is 0 Å². The molecule has 0 radical (unpaired) electrons. The van der Waals surface area contributed by atoms with Crippen LogP contribution in [-0.4, -0.2) is 17.7 Å². The minimum absolute atomic E-state index is 0.0922. The molecular weight excluding hydrogens is 268 g/mol. The van der Waals surface area contributed by atoms with Gasteiger partial charge in [-0.2, -0.15) is 0 Å². The van der Waals surface area contributed by atoms with E-state index in [0.717, 1.165) is 6.42 Å². The molecule has 0 spiro atoms. The van der Waals surface area contributed by atoms with Crippen LogP contribution >= 0.6 is 0 Å². The summed E-state index contributed by atoms with van der Waals surface area (Å²) in [5, 5.41) is 9.00. The van der Waals surface area contributed by atoms with Crippen LogP contribution in [0.4, 0.5) is 0 Å². The monoisotopic (exact) mass is 286 g/mol.